The number of carbonyl (C=O) groups is 1. The molecule has 1 aromatic carbocycles. The number of hydrogen-bond donors (Lipinski definition) is 2. The number of aryl methyl sites for hydroxylation is 1. The van der Waals surface area contributed by atoms with E-state index in [1.807, 2.05) is 36.7 Å². The highest BCUT2D eigenvalue weighted by atomic mass is 19.4. The van der Waals surface area contributed by atoms with Gasteiger partial charge in [0.15, 0.2) is 0 Å². The topological polar surface area (TPSA) is 71.8 Å². The molecule has 2 aromatic heterocycles. The van der Waals surface area contributed by atoms with Gasteiger partial charge in [-0.25, -0.2) is 4.98 Å². The van der Waals surface area contributed by atoms with Gasteiger partial charge in [0.2, 0.25) is 5.91 Å². The molecule has 1 aliphatic carbocycles. The van der Waals surface area contributed by atoms with Crippen molar-refractivity contribution in [1.82, 2.24) is 25.2 Å². The lowest BCUT2D eigenvalue weighted by atomic mass is 9.90. The quantitative estimate of drug-likeness (QED) is 0.631. The number of nitrogens with zero attached hydrogens (tertiary/aromatic N) is 3. The smallest absolute Gasteiger partial charge is 0.346 e. The lowest BCUT2D eigenvalue weighted by Gasteiger charge is -2.33. The molecule has 3 aromatic rings. The maximum absolute atomic E-state index is 14.0. The van der Waals surface area contributed by atoms with E-state index in [0.29, 0.717) is 13.1 Å². The number of hydrogen-bond acceptors (Lipinski definition) is 4. The predicted octanol–water partition coefficient (Wildman–Crippen LogP) is 3.66. The van der Waals surface area contributed by atoms with Crippen LogP contribution in [0.3, 0.4) is 0 Å². The molecule has 1 saturated heterocycles. The van der Waals surface area contributed by atoms with Crippen LogP contribution in [0, 0.1) is 18.3 Å². The number of pyridine rings is 1. The van der Waals surface area contributed by atoms with Gasteiger partial charge in [0.25, 0.3) is 0 Å². The Labute approximate surface area is 183 Å². The average Bonchev–Trinajstić information content (AvgIpc) is 3.45. The number of alkyl halides is 3. The Morgan fingerprint density at radius 1 is 1.19 bits per heavy atom. The fourth-order valence-electron chi connectivity index (χ4n) is 4.35. The average molecular weight is 443 g/mol. The molecule has 3 heterocycles. The van der Waals surface area contributed by atoms with Crippen molar-refractivity contribution in [1.29, 1.82) is 0 Å². The van der Waals surface area contributed by atoms with Gasteiger partial charge >= 0.3 is 6.18 Å². The van der Waals surface area contributed by atoms with Gasteiger partial charge in [-0.1, -0.05) is 12.1 Å². The van der Waals surface area contributed by atoms with Gasteiger partial charge in [0, 0.05) is 37.3 Å². The Morgan fingerprint density at radius 3 is 2.50 bits per heavy atom. The van der Waals surface area contributed by atoms with Crippen LogP contribution >= 0.6 is 0 Å². The van der Waals surface area contributed by atoms with E-state index < -0.39 is 17.6 Å². The zero-order chi connectivity index (χ0) is 22.7. The monoisotopic (exact) mass is 443 g/mol. The van der Waals surface area contributed by atoms with E-state index >= 15 is 0 Å². The highest BCUT2D eigenvalue weighted by Gasteiger charge is 2.68. The van der Waals surface area contributed by atoms with Crippen LogP contribution in [-0.4, -0.2) is 39.7 Å². The second-order valence-corrected chi connectivity index (χ2v) is 8.87. The number of aromatic nitrogens is 3. The second-order valence-electron chi connectivity index (χ2n) is 8.87. The van der Waals surface area contributed by atoms with Gasteiger partial charge in [0.05, 0.1) is 35.0 Å². The zero-order valence-electron chi connectivity index (χ0n) is 17.8. The maximum Gasteiger partial charge on any atom is 0.396 e. The Kier molecular flexibility index (Phi) is 4.77. The van der Waals surface area contributed by atoms with E-state index in [9.17, 15) is 18.0 Å². The number of carbonyl (C=O) groups excluding carboxylic acids is 1. The summed E-state index contributed by atoms with van der Waals surface area (Å²) in [5, 5.41) is 7.27. The first-order valence-corrected chi connectivity index (χ1v) is 10.7. The largest absolute Gasteiger partial charge is 0.396 e. The Bertz CT molecular complexity index is 1190. The fourth-order valence-corrected chi connectivity index (χ4v) is 4.35. The summed E-state index contributed by atoms with van der Waals surface area (Å²) in [4.78, 5) is 21.3. The molecule has 1 aliphatic heterocycles. The second kappa shape index (κ2) is 7.30. The van der Waals surface area contributed by atoms with Gasteiger partial charge in [-0.2, -0.15) is 13.2 Å². The minimum absolute atomic E-state index is 0.0155. The number of nitrogens with one attached hydrogen (secondary N) is 2. The first-order chi connectivity index (χ1) is 15.2. The molecule has 0 radical (unpaired) electrons. The molecule has 1 unspecified atom stereocenters. The molecule has 2 N–H and O–H groups in total. The molecule has 168 valence electrons. The summed E-state index contributed by atoms with van der Waals surface area (Å²) in [5.41, 5.74) is 0.110. The maximum atomic E-state index is 14.0. The van der Waals surface area contributed by atoms with Gasteiger partial charge in [0.1, 0.15) is 5.82 Å². The van der Waals surface area contributed by atoms with E-state index in [0.717, 1.165) is 27.9 Å². The number of halogens is 3. The molecule has 1 saturated carbocycles. The lowest BCUT2D eigenvalue weighted by Crippen LogP contribution is -2.53. The lowest BCUT2D eigenvalue weighted by molar-refractivity contribution is -0.197. The molecule has 9 heteroatoms. The highest BCUT2D eigenvalue weighted by molar-refractivity contribution is 5.87. The summed E-state index contributed by atoms with van der Waals surface area (Å²) in [5.74, 6) is 0.205. The molecular weight excluding hydrogens is 419 g/mol. The summed E-state index contributed by atoms with van der Waals surface area (Å²) in [6.07, 6.45) is -1.10. The van der Waals surface area contributed by atoms with E-state index in [1.165, 1.54) is 0 Å². The van der Waals surface area contributed by atoms with Crippen LogP contribution in [0.25, 0.3) is 22.0 Å². The number of benzene rings is 1. The van der Waals surface area contributed by atoms with Crippen LogP contribution in [0.15, 0.2) is 36.7 Å². The van der Waals surface area contributed by atoms with E-state index in [-0.39, 0.29) is 30.4 Å². The van der Waals surface area contributed by atoms with Gasteiger partial charge in [-0.15, -0.1) is 0 Å². The number of imidazole rings is 1. The van der Waals surface area contributed by atoms with Crippen molar-refractivity contribution in [2.24, 2.45) is 18.4 Å². The third-order valence-electron chi connectivity index (χ3n) is 6.90. The van der Waals surface area contributed by atoms with Gasteiger partial charge in [-0.3, -0.25) is 9.78 Å². The molecule has 6 nitrogen and oxygen atoms in total. The Morgan fingerprint density at radius 2 is 1.94 bits per heavy atom. The summed E-state index contributed by atoms with van der Waals surface area (Å²) in [6.45, 7) is 2.87. The summed E-state index contributed by atoms with van der Waals surface area (Å²) in [6, 6.07) is 6.24. The van der Waals surface area contributed by atoms with Crippen molar-refractivity contribution in [3.63, 3.8) is 0 Å². The third-order valence-corrected chi connectivity index (χ3v) is 6.90. The first-order valence-electron chi connectivity index (χ1n) is 10.7. The summed E-state index contributed by atoms with van der Waals surface area (Å²) >= 11 is 0. The predicted molar refractivity (Wildman–Crippen MR) is 114 cm³/mol. The summed E-state index contributed by atoms with van der Waals surface area (Å²) < 4.78 is 44.0. The standard InChI is InChI=1S/C23H24F3N5O/c1-13-28-12-19(31(13)2)14-3-4-15-11-29-18(8-16(15)7-14)20(22(5-6-22)23(24,25)26)30-21(32)17-9-27-10-17/h3-4,7-8,11-12,17,20,27H,5-6,9-10H2,1-2H3,(H,30,32). The minimum Gasteiger partial charge on any atom is -0.346 e. The first kappa shape index (κ1) is 20.9. The molecule has 1 amide bonds. The Hall–Kier alpha value is -2.94. The molecule has 2 fully saturated rings. The van der Waals surface area contributed by atoms with Crippen molar-refractivity contribution in [3.05, 3.63) is 48.2 Å². The number of fused-ring (bicyclic) bond motifs is 1. The van der Waals surface area contributed by atoms with Crippen LogP contribution in [-0.2, 0) is 11.8 Å². The van der Waals surface area contributed by atoms with Crippen molar-refractivity contribution < 1.29 is 18.0 Å². The molecule has 1 atom stereocenters. The van der Waals surface area contributed by atoms with Crippen molar-refractivity contribution in [2.45, 2.75) is 32.0 Å². The van der Waals surface area contributed by atoms with Crippen LogP contribution in [0.5, 0.6) is 0 Å². The molecule has 0 spiro atoms. The molecule has 5 rings (SSSR count). The van der Waals surface area contributed by atoms with E-state index in [2.05, 4.69) is 20.6 Å². The normalized spacial score (nSPS) is 18.9. The fraction of sp³-hybridized carbons (Fsp3) is 0.435. The summed E-state index contributed by atoms with van der Waals surface area (Å²) in [7, 11) is 1.92. The number of rotatable bonds is 5. The van der Waals surface area contributed by atoms with Crippen LogP contribution < -0.4 is 10.6 Å². The van der Waals surface area contributed by atoms with Crippen molar-refractivity contribution >= 4 is 16.7 Å². The van der Waals surface area contributed by atoms with Crippen molar-refractivity contribution in [3.8, 4) is 11.3 Å². The molecule has 32 heavy (non-hydrogen) atoms. The third kappa shape index (κ3) is 3.35. The molecular formula is C23H24F3N5O. The molecule has 2 aliphatic rings. The molecule has 0 bridgehead atoms. The van der Waals surface area contributed by atoms with Crippen LogP contribution in [0.4, 0.5) is 13.2 Å². The number of amides is 1. The van der Waals surface area contributed by atoms with Gasteiger partial charge in [-0.05, 0) is 37.3 Å². The zero-order valence-corrected chi connectivity index (χ0v) is 17.8. The minimum atomic E-state index is -4.42. The van der Waals surface area contributed by atoms with E-state index in [1.54, 1.807) is 18.5 Å². The van der Waals surface area contributed by atoms with E-state index in [4.69, 9.17) is 0 Å². The van der Waals surface area contributed by atoms with Crippen molar-refractivity contribution in [2.75, 3.05) is 13.1 Å². The van der Waals surface area contributed by atoms with Crippen LogP contribution in [0.2, 0.25) is 0 Å². The van der Waals surface area contributed by atoms with Crippen LogP contribution in [0.1, 0.15) is 30.4 Å². The highest BCUT2D eigenvalue weighted by Crippen LogP contribution is 2.64. The van der Waals surface area contributed by atoms with Gasteiger partial charge < -0.3 is 15.2 Å². The Balaban J connectivity index is 1.56. The SMILES string of the molecule is Cc1ncc(-c2ccc3cnc(C(NC(=O)C4CNC4)C4(C(F)(F)F)CC4)cc3c2)n1C.